The second kappa shape index (κ2) is 9.39. The van der Waals surface area contributed by atoms with Gasteiger partial charge in [0.2, 0.25) is 11.8 Å². The Hall–Kier alpha value is -1.53. The summed E-state index contributed by atoms with van der Waals surface area (Å²) in [4.78, 5) is 23.2. The number of thioether (sulfide) groups is 1. The maximum Gasteiger partial charge on any atom is 0.239 e. The molecular weight excluding hydrogens is 274 g/mol. The van der Waals surface area contributed by atoms with E-state index in [2.05, 4.69) is 10.6 Å². The van der Waals surface area contributed by atoms with Crippen LogP contribution in [0.25, 0.3) is 0 Å². The van der Waals surface area contributed by atoms with E-state index in [0.29, 0.717) is 13.0 Å². The molecule has 6 heteroatoms. The third kappa shape index (κ3) is 6.58. The molecule has 0 aliphatic rings. The number of rotatable bonds is 8. The number of carbonyl (C=O) groups is 2. The molecule has 1 aromatic carbocycles. The zero-order chi connectivity index (χ0) is 14.8. The molecule has 0 unspecified atom stereocenters. The van der Waals surface area contributed by atoms with Crippen molar-refractivity contribution < 1.29 is 9.59 Å². The molecule has 0 fully saturated rings. The lowest BCUT2D eigenvalue weighted by Crippen LogP contribution is -2.45. The topological polar surface area (TPSA) is 84.2 Å². The van der Waals surface area contributed by atoms with Crippen molar-refractivity contribution >= 4 is 23.6 Å². The van der Waals surface area contributed by atoms with Gasteiger partial charge in [0.15, 0.2) is 0 Å². The first kappa shape index (κ1) is 16.5. The third-order valence-electron chi connectivity index (χ3n) is 2.73. The summed E-state index contributed by atoms with van der Waals surface area (Å²) in [6, 6.07) is 9.04. The normalized spacial score (nSPS) is 11.7. The van der Waals surface area contributed by atoms with Crippen LogP contribution in [0.5, 0.6) is 0 Å². The molecule has 0 aliphatic heterocycles. The minimum absolute atomic E-state index is 0.0430. The van der Waals surface area contributed by atoms with Crippen LogP contribution in [0.4, 0.5) is 0 Å². The highest BCUT2D eigenvalue weighted by atomic mass is 32.2. The molecule has 2 amide bonds. The standard InChI is InChI=1S/C14H21N3O2S/c1-20-8-7-12(15)14(19)17-10-13(18)16-9-11-5-3-2-4-6-11/h2-6,12H,7-10,15H2,1H3,(H,16,18)(H,17,19)/t12-/m1/s1. The van der Waals surface area contributed by atoms with E-state index in [1.807, 2.05) is 36.6 Å². The van der Waals surface area contributed by atoms with Gasteiger partial charge in [-0.3, -0.25) is 9.59 Å². The van der Waals surface area contributed by atoms with Crippen molar-refractivity contribution in [2.45, 2.75) is 19.0 Å². The van der Waals surface area contributed by atoms with Crippen molar-refractivity contribution in [3.63, 3.8) is 0 Å². The van der Waals surface area contributed by atoms with Crippen LogP contribution in [0.3, 0.4) is 0 Å². The van der Waals surface area contributed by atoms with E-state index in [4.69, 9.17) is 5.73 Å². The number of carbonyl (C=O) groups excluding carboxylic acids is 2. The third-order valence-corrected chi connectivity index (χ3v) is 3.37. The Balaban J connectivity index is 2.21. The average Bonchev–Trinajstić information content (AvgIpc) is 2.49. The lowest BCUT2D eigenvalue weighted by atomic mass is 10.2. The monoisotopic (exact) mass is 295 g/mol. The molecule has 0 saturated carbocycles. The van der Waals surface area contributed by atoms with Gasteiger partial charge < -0.3 is 16.4 Å². The molecule has 1 aromatic rings. The Kier molecular flexibility index (Phi) is 7.75. The number of hydrogen-bond donors (Lipinski definition) is 3. The minimum atomic E-state index is -0.552. The van der Waals surface area contributed by atoms with Crippen molar-refractivity contribution in [3.8, 4) is 0 Å². The smallest absolute Gasteiger partial charge is 0.239 e. The Morgan fingerprint density at radius 1 is 1.25 bits per heavy atom. The summed E-state index contributed by atoms with van der Waals surface area (Å²) in [6.45, 7) is 0.409. The number of hydrogen-bond acceptors (Lipinski definition) is 4. The zero-order valence-corrected chi connectivity index (χ0v) is 12.4. The van der Waals surface area contributed by atoms with Crippen molar-refractivity contribution in [2.24, 2.45) is 5.73 Å². The minimum Gasteiger partial charge on any atom is -0.350 e. The maximum absolute atomic E-state index is 11.6. The van der Waals surface area contributed by atoms with Gasteiger partial charge in [0.05, 0.1) is 12.6 Å². The van der Waals surface area contributed by atoms with Gasteiger partial charge in [-0.05, 0) is 24.0 Å². The average molecular weight is 295 g/mol. The summed E-state index contributed by atoms with van der Waals surface area (Å²) in [7, 11) is 0. The first-order valence-electron chi connectivity index (χ1n) is 6.46. The van der Waals surface area contributed by atoms with Gasteiger partial charge >= 0.3 is 0 Å². The molecule has 5 nitrogen and oxygen atoms in total. The van der Waals surface area contributed by atoms with Gasteiger partial charge in [-0.1, -0.05) is 30.3 Å². The second-order valence-corrected chi connectivity index (χ2v) is 5.35. The first-order chi connectivity index (χ1) is 9.63. The fraction of sp³-hybridized carbons (Fsp3) is 0.429. The summed E-state index contributed by atoms with van der Waals surface area (Å²) >= 11 is 1.64. The van der Waals surface area contributed by atoms with Crippen LogP contribution in [-0.4, -0.2) is 36.4 Å². The number of nitrogens with two attached hydrogens (primary N) is 1. The number of nitrogens with one attached hydrogen (secondary N) is 2. The fourth-order valence-electron chi connectivity index (χ4n) is 1.53. The highest BCUT2D eigenvalue weighted by Crippen LogP contribution is 1.98. The largest absolute Gasteiger partial charge is 0.350 e. The lowest BCUT2D eigenvalue weighted by Gasteiger charge is -2.11. The fourth-order valence-corrected chi connectivity index (χ4v) is 2.02. The van der Waals surface area contributed by atoms with E-state index in [0.717, 1.165) is 11.3 Å². The van der Waals surface area contributed by atoms with E-state index in [9.17, 15) is 9.59 Å². The molecule has 1 rings (SSSR count). The van der Waals surface area contributed by atoms with Gasteiger partial charge in [-0.15, -0.1) is 0 Å². The molecule has 0 bridgehead atoms. The molecule has 0 saturated heterocycles. The predicted molar refractivity (Wildman–Crippen MR) is 82.3 cm³/mol. The van der Waals surface area contributed by atoms with Crippen molar-refractivity contribution in [1.82, 2.24) is 10.6 Å². The summed E-state index contributed by atoms with van der Waals surface area (Å²) in [5.41, 5.74) is 6.71. The van der Waals surface area contributed by atoms with Gasteiger partial charge in [-0.25, -0.2) is 0 Å². The Morgan fingerprint density at radius 2 is 1.95 bits per heavy atom. The molecule has 0 radical (unpaired) electrons. The molecular formula is C14H21N3O2S. The maximum atomic E-state index is 11.6. The molecule has 0 aliphatic carbocycles. The molecule has 0 heterocycles. The SMILES string of the molecule is CSCC[C@@H](N)C(=O)NCC(=O)NCc1ccccc1. The van der Waals surface area contributed by atoms with Gasteiger partial charge in [0.25, 0.3) is 0 Å². The molecule has 1 atom stereocenters. The highest BCUT2D eigenvalue weighted by Gasteiger charge is 2.13. The molecule has 20 heavy (non-hydrogen) atoms. The number of amides is 2. The molecule has 110 valence electrons. The van der Waals surface area contributed by atoms with Gasteiger partial charge in [-0.2, -0.15) is 11.8 Å². The van der Waals surface area contributed by atoms with E-state index >= 15 is 0 Å². The van der Waals surface area contributed by atoms with E-state index in [-0.39, 0.29) is 18.4 Å². The van der Waals surface area contributed by atoms with Crippen LogP contribution in [0, 0.1) is 0 Å². The first-order valence-corrected chi connectivity index (χ1v) is 7.85. The second-order valence-electron chi connectivity index (χ2n) is 4.37. The van der Waals surface area contributed by atoms with Gasteiger partial charge in [0.1, 0.15) is 0 Å². The van der Waals surface area contributed by atoms with Gasteiger partial charge in [0, 0.05) is 6.54 Å². The Morgan fingerprint density at radius 3 is 2.60 bits per heavy atom. The van der Waals surface area contributed by atoms with E-state index < -0.39 is 6.04 Å². The Bertz CT molecular complexity index is 426. The molecule has 0 spiro atoms. The van der Waals surface area contributed by atoms with Crippen LogP contribution in [0.2, 0.25) is 0 Å². The molecule has 4 N–H and O–H groups in total. The van der Waals surface area contributed by atoms with Crippen LogP contribution >= 0.6 is 11.8 Å². The summed E-state index contributed by atoms with van der Waals surface area (Å²) in [5.74, 6) is 0.322. The van der Waals surface area contributed by atoms with Crippen LogP contribution in [0.15, 0.2) is 30.3 Å². The number of benzene rings is 1. The predicted octanol–water partition coefficient (Wildman–Crippen LogP) is 0.499. The van der Waals surface area contributed by atoms with Crippen molar-refractivity contribution in [3.05, 3.63) is 35.9 Å². The highest BCUT2D eigenvalue weighted by molar-refractivity contribution is 7.98. The zero-order valence-electron chi connectivity index (χ0n) is 11.6. The summed E-state index contributed by atoms with van der Waals surface area (Å²) in [6.07, 6.45) is 2.57. The summed E-state index contributed by atoms with van der Waals surface area (Å²) < 4.78 is 0. The quantitative estimate of drug-likeness (QED) is 0.652. The summed E-state index contributed by atoms with van der Waals surface area (Å²) in [5, 5.41) is 5.28. The molecule has 0 aromatic heterocycles. The van der Waals surface area contributed by atoms with Crippen molar-refractivity contribution in [1.29, 1.82) is 0 Å². The van der Waals surface area contributed by atoms with Crippen LogP contribution < -0.4 is 16.4 Å². The van der Waals surface area contributed by atoms with Crippen LogP contribution in [0.1, 0.15) is 12.0 Å². The van der Waals surface area contributed by atoms with E-state index in [1.165, 1.54) is 0 Å². The Labute approximate surface area is 123 Å². The van der Waals surface area contributed by atoms with E-state index in [1.54, 1.807) is 11.8 Å². The lowest BCUT2D eigenvalue weighted by molar-refractivity contribution is -0.126. The van der Waals surface area contributed by atoms with Crippen molar-refractivity contribution in [2.75, 3.05) is 18.6 Å². The van der Waals surface area contributed by atoms with Crippen LogP contribution in [-0.2, 0) is 16.1 Å².